The van der Waals surface area contributed by atoms with Gasteiger partial charge in [-0.15, -0.1) is 6.58 Å². The Morgan fingerprint density at radius 1 is 0.583 bits per heavy atom. The topological polar surface area (TPSA) is 0 Å². The fraction of sp³-hybridized carbons (Fsp3) is 0.500. The van der Waals surface area contributed by atoms with Gasteiger partial charge in [0.2, 0.25) is 0 Å². The van der Waals surface area contributed by atoms with Gasteiger partial charge in [0.05, 0.1) is 0 Å². The van der Waals surface area contributed by atoms with E-state index in [9.17, 15) is 0 Å². The minimum Gasteiger partial charge on any atom is -0.103 e. The monoisotopic (exact) mass is 492 g/mol. The zero-order valence-corrected chi connectivity index (χ0v) is 25.0. The molecular formula is C36H60. The highest BCUT2D eigenvalue weighted by Gasteiger charge is 1.86. The average molecular weight is 493 g/mol. The van der Waals surface area contributed by atoms with E-state index in [-0.39, 0.29) is 0 Å². The van der Waals surface area contributed by atoms with E-state index in [1.54, 1.807) is 0 Å². The largest absolute Gasteiger partial charge is 0.103 e. The van der Waals surface area contributed by atoms with Gasteiger partial charge < -0.3 is 0 Å². The molecule has 0 heteroatoms. The van der Waals surface area contributed by atoms with Gasteiger partial charge in [-0.2, -0.15) is 0 Å². The quantitative estimate of drug-likeness (QED) is 0.237. The van der Waals surface area contributed by atoms with Crippen LogP contribution in [0.1, 0.15) is 123 Å². The molecule has 0 aliphatic heterocycles. The second-order valence-electron chi connectivity index (χ2n) is 8.59. The van der Waals surface area contributed by atoms with Gasteiger partial charge in [0.15, 0.2) is 0 Å². The molecule has 0 saturated carbocycles. The van der Waals surface area contributed by atoms with Gasteiger partial charge in [-0.25, -0.2) is 0 Å². The summed E-state index contributed by atoms with van der Waals surface area (Å²) >= 11 is 0. The number of aryl methyl sites for hydroxylation is 1. The number of allylic oxidation sites excluding steroid dienone is 9. The van der Waals surface area contributed by atoms with Gasteiger partial charge in [-0.3, -0.25) is 0 Å². The minimum atomic E-state index is 1.08. The van der Waals surface area contributed by atoms with Crippen LogP contribution >= 0.6 is 0 Å². The smallest absolute Gasteiger partial charge is 0.0163 e. The molecule has 0 aromatic heterocycles. The Morgan fingerprint density at radius 2 is 0.972 bits per heavy atom. The predicted octanol–water partition coefficient (Wildman–Crippen LogP) is 12.7. The van der Waals surface area contributed by atoms with Crippen LogP contribution in [-0.4, -0.2) is 0 Å². The molecule has 0 fully saturated rings. The van der Waals surface area contributed by atoms with Gasteiger partial charge in [0.25, 0.3) is 0 Å². The summed E-state index contributed by atoms with van der Waals surface area (Å²) in [5.41, 5.74) is 2.57. The maximum Gasteiger partial charge on any atom is -0.0163 e. The van der Waals surface area contributed by atoms with E-state index in [1.165, 1.54) is 62.5 Å². The first-order valence-corrected chi connectivity index (χ1v) is 14.6. The molecular weight excluding hydrogens is 432 g/mol. The van der Waals surface area contributed by atoms with Crippen LogP contribution in [0.15, 0.2) is 92.1 Å². The first-order chi connectivity index (χ1) is 17.6. The van der Waals surface area contributed by atoms with E-state index in [2.05, 4.69) is 128 Å². The molecule has 0 bridgehead atoms. The molecule has 0 heterocycles. The summed E-state index contributed by atoms with van der Waals surface area (Å²) in [6.07, 6.45) is 36.1. The Balaban J connectivity index is -0.000000378. The Hall–Kier alpha value is -2.34. The van der Waals surface area contributed by atoms with Crippen LogP contribution in [0.5, 0.6) is 0 Å². The van der Waals surface area contributed by atoms with Crippen molar-refractivity contribution in [3.05, 3.63) is 103 Å². The molecule has 0 N–H and O–H groups in total. The summed E-state index contributed by atoms with van der Waals surface area (Å²) in [5.74, 6) is 0. The number of unbranched alkanes of at least 4 members (excludes halogenated alkanes) is 6. The van der Waals surface area contributed by atoms with Crippen LogP contribution in [-0.2, 0) is 6.42 Å². The standard InChI is InChI=1S/C10H12.C8H18.2C5H6.C4H10.C4H8/c1-3-9-5-7-10(4-2)8-6-9;1-3-5-7-8-6-4-2;2*1-2-4-5-3-1;2*1-3-4-2/h3,5-8H,1,4H2,2H3;3-8H2,1-2H3;2*1-4H,5H2;3-4H2,1-2H3;3H,1,4H2,2H3. The van der Waals surface area contributed by atoms with E-state index in [0.29, 0.717) is 0 Å². The molecule has 3 rings (SSSR count). The summed E-state index contributed by atoms with van der Waals surface area (Å²) in [4.78, 5) is 0. The third kappa shape index (κ3) is 36.2. The Bertz CT molecular complexity index is 602. The fourth-order valence-corrected chi connectivity index (χ4v) is 2.53. The normalized spacial score (nSPS) is 11.2. The van der Waals surface area contributed by atoms with Crippen molar-refractivity contribution in [2.24, 2.45) is 0 Å². The van der Waals surface area contributed by atoms with Gasteiger partial charge in [-0.1, -0.05) is 185 Å². The Labute approximate surface area is 227 Å². The predicted molar refractivity (Wildman–Crippen MR) is 172 cm³/mol. The SMILES string of the molecule is C1=CCC=C1.C1=CCC=C1.C=CCC.C=Cc1ccc(CC)cc1.CCCC.CCCCCCCC. The Kier molecular flexibility index (Phi) is 39.5. The lowest BCUT2D eigenvalue weighted by Gasteiger charge is -1.95. The average Bonchev–Trinajstić information content (AvgIpc) is 3.72. The first-order valence-electron chi connectivity index (χ1n) is 14.6. The summed E-state index contributed by atoms with van der Waals surface area (Å²) in [7, 11) is 0. The summed E-state index contributed by atoms with van der Waals surface area (Å²) in [6.45, 7) is 20.3. The highest BCUT2D eigenvalue weighted by atomic mass is 13.9. The lowest BCUT2D eigenvalue weighted by atomic mass is 10.1. The molecule has 2 aliphatic carbocycles. The van der Waals surface area contributed by atoms with Crippen LogP contribution in [0.4, 0.5) is 0 Å². The molecule has 0 atom stereocenters. The van der Waals surface area contributed by atoms with Crippen LogP contribution in [0.3, 0.4) is 0 Å². The highest BCUT2D eigenvalue weighted by Crippen LogP contribution is 2.05. The van der Waals surface area contributed by atoms with Crippen molar-refractivity contribution >= 4 is 6.08 Å². The van der Waals surface area contributed by atoms with Gasteiger partial charge in [-0.05, 0) is 36.8 Å². The van der Waals surface area contributed by atoms with E-state index < -0.39 is 0 Å². The van der Waals surface area contributed by atoms with E-state index in [4.69, 9.17) is 0 Å². The van der Waals surface area contributed by atoms with Crippen LogP contribution in [0.25, 0.3) is 6.08 Å². The van der Waals surface area contributed by atoms with E-state index in [1.807, 2.05) is 12.2 Å². The lowest BCUT2D eigenvalue weighted by molar-refractivity contribution is 0.624. The second-order valence-corrected chi connectivity index (χ2v) is 8.59. The Morgan fingerprint density at radius 3 is 1.17 bits per heavy atom. The molecule has 0 radical (unpaired) electrons. The van der Waals surface area contributed by atoms with Gasteiger partial charge in [0, 0.05) is 0 Å². The molecule has 1 aromatic carbocycles. The van der Waals surface area contributed by atoms with Crippen molar-refractivity contribution in [1.29, 1.82) is 0 Å². The molecule has 0 unspecified atom stereocenters. The highest BCUT2D eigenvalue weighted by molar-refractivity contribution is 5.47. The molecule has 36 heavy (non-hydrogen) atoms. The minimum absolute atomic E-state index is 1.08. The van der Waals surface area contributed by atoms with Crippen molar-refractivity contribution in [3.8, 4) is 0 Å². The van der Waals surface area contributed by atoms with Crippen molar-refractivity contribution in [1.82, 2.24) is 0 Å². The van der Waals surface area contributed by atoms with Gasteiger partial charge in [0.1, 0.15) is 0 Å². The van der Waals surface area contributed by atoms with Crippen molar-refractivity contribution in [2.75, 3.05) is 0 Å². The molecule has 2 aliphatic rings. The molecule has 0 spiro atoms. The zero-order chi connectivity index (χ0) is 27.5. The molecule has 204 valence electrons. The summed E-state index contributed by atoms with van der Waals surface area (Å²) in [5, 5.41) is 0. The molecule has 1 aromatic rings. The van der Waals surface area contributed by atoms with E-state index >= 15 is 0 Å². The number of hydrogen-bond acceptors (Lipinski definition) is 0. The van der Waals surface area contributed by atoms with Crippen LogP contribution in [0, 0.1) is 0 Å². The van der Waals surface area contributed by atoms with E-state index in [0.717, 1.165) is 25.7 Å². The third-order valence-corrected chi connectivity index (χ3v) is 5.18. The lowest BCUT2D eigenvalue weighted by Crippen LogP contribution is -1.78. The second kappa shape index (κ2) is 37.2. The molecule has 0 nitrogen and oxygen atoms in total. The van der Waals surface area contributed by atoms with Crippen molar-refractivity contribution in [2.45, 2.75) is 119 Å². The zero-order valence-electron chi connectivity index (χ0n) is 25.0. The number of benzene rings is 1. The number of rotatable bonds is 9. The summed E-state index contributed by atoms with van der Waals surface area (Å²) < 4.78 is 0. The number of hydrogen-bond donors (Lipinski definition) is 0. The molecule has 0 saturated heterocycles. The third-order valence-electron chi connectivity index (χ3n) is 5.18. The van der Waals surface area contributed by atoms with Gasteiger partial charge >= 0.3 is 0 Å². The molecule has 0 amide bonds. The summed E-state index contributed by atoms with van der Waals surface area (Å²) in [6, 6.07) is 8.45. The maximum atomic E-state index is 3.69. The fourth-order valence-electron chi connectivity index (χ4n) is 2.53. The van der Waals surface area contributed by atoms with Crippen LogP contribution < -0.4 is 0 Å². The first kappa shape index (κ1) is 38.2. The van der Waals surface area contributed by atoms with Crippen LogP contribution in [0.2, 0.25) is 0 Å². The van der Waals surface area contributed by atoms with Crippen molar-refractivity contribution < 1.29 is 0 Å². The van der Waals surface area contributed by atoms with Crippen molar-refractivity contribution in [3.63, 3.8) is 0 Å². The maximum absolute atomic E-state index is 3.69.